The number of nitrogens with zero attached hydrogens (tertiary/aromatic N) is 1. The molecule has 2 rings (SSSR count). The smallest absolute Gasteiger partial charge is 0.0765 e. The molecule has 0 radical (unpaired) electrons. The number of benzene rings is 1. The second-order valence-electron chi connectivity index (χ2n) is 4.65. The van der Waals surface area contributed by atoms with Crippen LogP contribution in [0.2, 0.25) is 0 Å². The van der Waals surface area contributed by atoms with Gasteiger partial charge in [0.1, 0.15) is 0 Å². The highest BCUT2D eigenvalue weighted by Gasteiger charge is 2.19. The molecule has 0 fully saturated rings. The minimum Gasteiger partial charge on any atom is -0.305 e. The first-order chi connectivity index (χ1) is 9.15. The van der Waals surface area contributed by atoms with Gasteiger partial charge in [-0.15, -0.1) is 0 Å². The average molecular weight is 319 g/mol. The summed E-state index contributed by atoms with van der Waals surface area (Å²) in [5.41, 5.74) is 4.97. The fourth-order valence-corrected chi connectivity index (χ4v) is 2.74. The molecule has 0 aliphatic rings. The van der Waals surface area contributed by atoms with Crippen LogP contribution >= 0.6 is 15.9 Å². The van der Waals surface area contributed by atoms with E-state index in [9.17, 15) is 0 Å². The van der Waals surface area contributed by atoms with Gasteiger partial charge in [0.25, 0.3) is 0 Å². The molecule has 0 saturated heterocycles. The largest absolute Gasteiger partial charge is 0.305 e. The van der Waals surface area contributed by atoms with Gasteiger partial charge in [0.2, 0.25) is 0 Å². The van der Waals surface area contributed by atoms with Gasteiger partial charge < -0.3 is 5.32 Å². The van der Waals surface area contributed by atoms with Gasteiger partial charge in [-0.1, -0.05) is 25.1 Å². The molecular formula is C16H19BrN2. The van der Waals surface area contributed by atoms with E-state index in [1.165, 1.54) is 16.7 Å². The molecule has 2 nitrogen and oxygen atoms in total. The molecule has 1 unspecified atom stereocenters. The summed E-state index contributed by atoms with van der Waals surface area (Å²) >= 11 is 3.60. The monoisotopic (exact) mass is 318 g/mol. The van der Waals surface area contributed by atoms with Gasteiger partial charge in [-0.2, -0.15) is 0 Å². The van der Waals surface area contributed by atoms with Crippen molar-refractivity contribution >= 4 is 15.9 Å². The molecule has 0 spiro atoms. The Hall–Kier alpha value is -1.19. The first-order valence-electron chi connectivity index (χ1n) is 6.55. The molecule has 3 heteroatoms. The standard InChI is InChI=1S/C16H19BrN2/c1-4-18-15(16-14(17)9-6-10-19-16)13-8-5-7-11(2)12(13)3/h5-10,15,18H,4H2,1-3H3. The van der Waals surface area contributed by atoms with E-state index in [0.29, 0.717) is 0 Å². The lowest BCUT2D eigenvalue weighted by atomic mass is 9.95. The van der Waals surface area contributed by atoms with Crippen molar-refractivity contribution in [3.8, 4) is 0 Å². The Morgan fingerprint density at radius 1 is 1.21 bits per heavy atom. The first kappa shape index (κ1) is 14.2. The lowest BCUT2D eigenvalue weighted by molar-refractivity contribution is 0.610. The summed E-state index contributed by atoms with van der Waals surface area (Å²) in [6, 6.07) is 10.5. The summed E-state index contributed by atoms with van der Waals surface area (Å²) in [5, 5.41) is 3.53. The zero-order valence-corrected chi connectivity index (χ0v) is 13.2. The maximum atomic E-state index is 4.54. The number of aromatic nitrogens is 1. The van der Waals surface area contributed by atoms with E-state index >= 15 is 0 Å². The number of pyridine rings is 1. The molecule has 1 aromatic carbocycles. The van der Waals surface area contributed by atoms with Crippen molar-refractivity contribution in [3.05, 3.63) is 63.4 Å². The fraction of sp³-hybridized carbons (Fsp3) is 0.312. The summed E-state index contributed by atoms with van der Waals surface area (Å²) in [7, 11) is 0. The Labute approximate surface area is 123 Å². The molecule has 1 atom stereocenters. The third-order valence-electron chi connectivity index (χ3n) is 3.43. The number of aryl methyl sites for hydroxylation is 1. The summed E-state index contributed by atoms with van der Waals surface area (Å²) in [6.45, 7) is 7.34. The van der Waals surface area contributed by atoms with Crippen molar-refractivity contribution in [2.75, 3.05) is 6.54 Å². The first-order valence-corrected chi connectivity index (χ1v) is 7.34. The van der Waals surface area contributed by atoms with E-state index in [1.807, 2.05) is 18.3 Å². The van der Waals surface area contributed by atoms with Gasteiger partial charge in [-0.05, 0) is 65.1 Å². The van der Waals surface area contributed by atoms with Crippen molar-refractivity contribution in [1.82, 2.24) is 10.3 Å². The quantitative estimate of drug-likeness (QED) is 0.915. The zero-order chi connectivity index (χ0) is 13.8. The number of nitrogens with one attached hydrogen (secondary N) is 1. The zero-order valence-electron chi connectivity index (χ0n) is 11.6. The lowest BCUT2D eigenvalue weighted by Gasteiger charge is -2.22. The van der Waals surface area contributed by atoms with Crippen LogP contribution < -0.4 is 5.32 Å². The molecule has 0 aliphatic heterocycles. The second-order valence-corrected chi connectivity index (χ2v) is 5.50. The maximum absolute atomic E-state index is 4.54. The Morgan fingerprint density at radius 3 is 2.68 bits per heavy atom. The number of hydrogen-bond acceptors (Lipinski definition) is 2. The summed E-state index contributed by atoms with van der Waals surface area (Å²) < 4.78 is 1.04. The van der Waals surface area contributed by atoms with Gasteiger partial charge >= 0.3 is 0 Å². The molecule has 0 aliphatic carbocycles. The van der Waals surface area contributed by atoms with E-state index in [2.05, 4.69) is 65.2 Å². The minimum atomic E-state index is 0.125. The minimum absolute atomic E-state index is 0.125. The van der Waals surface area contributed by atoms with Crippen molar-refractivity contribution in [1.29, 1.82) is 0 Å². The van der Waals surface area contributed by atoms with Crippen molar-refractivity contribution in [3.63, 3.8) is 0 Å². The average Bonchev–Trinajstić information content (AvgIpc) is 2.41. The third-order valence-corrected chi connectivity index (χ3v) is 4.10. The normalized spacial score (nSPS) is 12.4. The number of hydrogen-bond donors (Lipinski definition) is 1. The highest BCUT2D eigenvalue weighted by molar-refractivity contribution is 9.10. The van der Waals surface area contributed by atoms with E-state index in [1.54, 1.807) is 0 Å². The molecule has 19 heavy (non-hydrogen) atoms. The highest BCUT2D eigenvalue weighted by atomic mass is 79.9. The van der Waals surface area contributed by atoms with Crippen LogP contribution in [0.15, 0.2) is 41.0 Å². The topological polar surface area (TPSA) is 24.9 Å². The Morgan fingerprint density at radius 2 is 2.00 bits per heavy atom. The van der Waals surface area contributed by atoms with Crippen LogP contribution in [-0.4, -0.2) is 11.5 Å². The van der Waals surface area contributed by atoms with Crippen LogP contribution in [0.25, 0.3) is 0 Å². The second kappa shape index (κ2) is 6.31. The summed E-state index contributed by atoms with van der Waals surface area (Å²) in [5.74, 6) is 0. The predicted octanol–water partition coefficient (Wildman–Crippen LogP) is 4.16. The van der Waals surface area contributed by atoms with Crippen molar-refractivity contribution < 1.29 is 0 Å². The molecule has 100 valence electrons. The van der Waals surface area contributed by atoms with E-state index in [-0.39, 0.29) is 6.04 Å². The van der Waals surface area contributed by atoms with Gasteiger partial charge in [-0.25, -0.2) is 0 Å². The SMILES string of the molecule is CCNC(c1cccc(C)c1C)c1ncccc1Br. The maximum Gasteiger partial charge on any atom is 0.0765 e. The Kier molecular flexibility index (Phi) is 4.72. The van der Waals surface area contributed by atoms with Crippen LogP contribution in [-0.2, 0) is 0 Å². The molecule has 1 aromatic heterocycles. The van der Waals surface area contributed by atoms with E-state index in [4.69, 9.17) is 0 Å². The molecule has 0 amide bonds. The van der Waals surface area contributed by atoms with Crippen LogP contribution in [0.1, 0.15) is 35.3 Å². The molecule has 0 saturated carbocycles. The van der Waals surface area contributed by atoms with Crippen LogP contribution in [0.3, 0.4) is 0 Å². The van der Waals surface area contributed by atoms with Gasteiger partial charge in [0.15, 0.2) is 0 Å². The van der Waals surface area contributed by atoms with Gasteiger partial charge in [0.05, 0.1) is 11.7 Å². The fourth-order valence-electron chi connectivity index (χ4n) is 2.25. The molecular weight excluding hydrogens is 300 g/mol. The number of rotatable bonds is 4. The van der Waals surface area contributed by atoms with Crippen molar-refractivity contribution in [2.45, 2.75) is 26.8 Å². The van der Waals surface area contributed by atoms with Gasteiger partial charge in [-0.3, -0.25) is 4.98 Å². The van der Waals surface area contributed by atoms with Crippen LogP contribution in [0, 0.1) is 13.8 Å². The third kappa shape index (κ3) is 3.04. The van der Waals surface area contributed by atoms with Crippen LogP contribution in [0.5, 0.6) is 0 Å². The molecule has 0 bridgehead atoms. The molecule has 1 N–H and O–H groups in total. The van der Waals surface area contributed by atoms with Gasteiger partial charge in [0, 0.05) is 10.7 Å². The lowest BCUT2D eigenvalue weighted by Crippen LogP contribution is -2.24. The summed E-state index contributed by atoms with van der Waals surface area (Å²) in [6.07, 6.45) is 1.84. The summed E-state index contributed by atoms with van der Waals surface area (Å²) in [4.78, 5) is 4.54. The Balaban J connectivity index is 2.52. The molecule has 2 aromatic rings. The predicted molar refractivity (Wildman–Crippen MR) is 83.4 cm³/mol. The van der Waals surface area contributed by atoms with Crippen molar-refractivity contribution in [2.24, 2.45) is 0 Å². The van der Waals surface area contributed by atoms with E-state index in [0.717, 1.165) is 16.7 Å². The molecule has 1 heterocycles. The Bertz CT molecular complexity index is 566. The number of halogens is 1. The van der Waals surface area contributed by atoms with E-state index < -0.39 is 0 Å². The highest BCUT2D eigenvalue weighted by Crippen LogP contribution is 2.29. The van der Waals surface area contributed by atoms with Crippen LogP contribution in [0.4, 0.5) is 0 Å².